The van der Waals surface area contributed by atoms with Crippen LogP contribution in [0.5, 0.6) is 0 Å². The van der Waals surface area contributed by atoms with Crippen LogP contribution in [-0.2, 0) is 17.7 Å². The Morgan fingerprint density at radius 2 is 2.29 bits per heavy atom. The predicted molar refractivity (Wildman–Crippen MR) is 61.7 cm³/mol. The van der Waals surface area contributed by atoms with Crippen molar-refractivity contribution in [3.05, 3.63) is 11.6 Å². The third kappa shape index (κ3) is 2.09. The predicted octanol–water partition coefficient (Wildman–Crippen LogP) is 0.727. The average molecular weight is 237 g/mol. The van der Waals surface area contributed by atoms with Gasteiger partial charge in [0.25, 0.3) is 0 Å². The summed E-state index contributed by atoms with van der Waals surface area (Å²) >= 11 is 0. The van der Waals surface area contributed by atoms with E-state index >= 15 is 0 Å². The van der Waals surface area contributed by atoms with E-state index in [1.807, 2.05) is 0 Å². The van der Waals surface area contributed by atoms with Crippen molar-refractivity contribution >= 4 is 0 Å². The first kappa shape index (κ1) is 11.2. The average Bonchev–Trinajstić information content (AvgIpc) is 2.82. The number of aliphatic hydroxyl groups excluding tert-OH is 1. The molecule has 3 rings (SSSR count). The number of aliphatic hydroxyl groups is 1. The number of hydrogen-bond donors (Lipinski definition) is 1. The van der Waals surface area contributed by atoms with E-state index in [-0.39, 0.29) is 6.61 Å². The third-order valence-corrected chi connectivity index (χ3v) is 3.86. The molecule has 1 N–H and O–H groups in total. The fraction of sp³-hybridized carbons (Fsp3) is 0.833. The summed E-state index contributed by atoms with van der Waals surface area (Å²) in [5.41, 5.74) is 0. The third-order valence-electron chi connectivity index (χ3n) is 3.86. The molecule has 1 aromatic heterocycles. The van der Waals surface area contributed by atoms with Crippen molar-refractivity contribution in [3.63, 3.8) is 0 Å². The van der Waals surface area contributed by atoms with Crippen LogP contribution in [0.25, 0.3) is 0 Å². The van der Waals surface area contributed by atoms with Gasteiger partial charge in [-0.25, -0.2) is 0 Å². The lowest BCUT2D eigenvalue weighted by Gasteiger charge is -2.26. The smallest absolute Gasteiger partial charge is 0.138 e. The SMILES string of the molecule is OCC1CCc2nnc(C3CCCOC3)n2C1. The van der Waals surface area contributed by atoms with Crippen molar-refractivity contribution in [1.29, 1.82) is 0 Å². The lowest BCUT2D eigenvalue weighted by Crippen LogP contribution is -2.27. The molecule has 1 saturated heterocycles. The molecule has 0 saturated carbocycles. The molecule has 0 radical (unpaired) electrons. The van der Waals surface area contributed by atoms with Gasteiger partial charge in [-0.2, -0.15) is 0 Å². The second-order valence-electron chi connectivity index (χ2n) is 5.09. The molecule has 5 heteroatoms. The molecule has 0 aliphatic carbocycles. The molecule has 94 valence electrons. The van der Waals surface area contributed by atoms with E-state index in [0.717, 1.165) is 57.1 Å². The Bertz CT molecular complexity index is 385. The van der Waals surface area contributed by atoms with E-state index < -0.39 is 0 Å². The van der Waals surface area contributed by atoms with E-state index in [1.54, 1.807) is 0 Å². The monoisotopic (exact) mass is 237 g/mol. The zero-order valence-corrected chi connectivity index (χ0v) is 10.0. The lowest BCUT2D eigenvalue weighted by molar-refractivity contribution is 0.0759. The summed E-state index contributed by atoms with van der Waals surface area (Å²) in [6.07, 6.45) is 4.21. The van der Waals surface area contributed by atoms with E-state index in [1.165, 1.54) is 0 Å². The highest BCUT2D eigenvalue weighted by atomic mass is 16.5. The molecular weight excluding hydrogens is 218 g/mol. The molecule has 3 heterocycles. The van der Waals surface area contributed by atoms with Gasteiger partial charge in [0.1, 0.15) is 11.6 Å². The number of rotatable bonds is 2. The van der Waals surface area contributed by atoms with Crippen LogP contribution in [0.15, 0.2) is 0 Å². The first-order valence-corrected chi connectivity index (χ1v) is 6.49. The Morgan fingerprint density at radius 3 is 3.06 bits per heavy atom. The molecule has 2 unspecified atom stereocenters. The topological polar surface area (TPSA) is 60.2 Å². The van der Waals surface area contributed by atoms with Crippen LogP contribution in [0.2, 0.25) is 0 Å². The maximum atomic E-state index is 9.28. The number of fused-ring (bicyclic) bond motifs is 1. The Morgan fingerprint density at radius 1 is 1.35 bits per heavy atom. The molecule has 0 aromatic carbocycles. The Hall–Kier alpha value is -0.940. The van der Waals surface area contributed by atoms with Gasteiger partial charge < -0.3 is 14.4 Å². The minimum atomic E-state index is 0.262. The highest BCUT2D eigenvalue weighted by Crippen LogP contribution is 2.28. The summed E-state index contributed by atoms with van der Waals surface area (Å²) in [6, 6.07) is 0. The van der Waals surface area contributed by atoms with Gasteiger partial charge in [0, 0.05) is 38.0 Å². The molecule has 0 amide bonds. The maximum Gasteiger partial charge on any atom is 0.138 e. The van der Waals surface area contributed by atoms with Crippen LogP contribution >= 0.6 is 0 Å². The fourth-order valence-electron chi connectivity index (χ4n) is 2.81. The van der Waals surface area contributed by atoms with Crippen LogP contribution < -0.4 is 0 Å². The van der Waals surface area contributed by atoms with Gasteiger partial charge >= 0.3 is 0 Å². The number of ether oxygens (including phenoxy) is 1. The molecule has 2 aliphatic heterocycles. The molecule has 0 bridgehead atoms. The van der Waals surface area contributed by atoms with Crippen molar-refractivity contribution in [2.45, 2.75) is 38.1 Å². The van der Waals surface area contributed by atoms with Crippen LogP contribution in [0.4, 0.5) is 0 Å². The summed E-state index contributed by atoms with van der Waals surface area (Å²) in [4.78, 5) is 0. The van der Waals surface area contributed by atoms with E-state index in [0.29, 0.717) is 11.8 Å². The van der Waals surface area contributed by atoms with Gasteiger partial charge in [-0.15, -0.1) is 10.2 Å². The molecule has 17 heavy (non-hydrogen) atoms. The summed E-state index contributed by atoms with van der Waals surface area (Å²) in [5.74, 6) is 2.90. The van der Waals surface area contributed by atoms with E-state index in [2.05, 4.69) is 14.8 Å². The molecule has 1 aromatic rings. The van der Waals surface area contributed by atoms with Crippen molar-refractivity contribution in [1.82, 2.24) is 14.8 Å². The molecule has 2 atom stereocenters. The Labute approximate surface area is 101 Å². The van der Waals surface area contributed by atoms with Gasteiger partial charge in [-0.05, 0) is 19.3 Å². The van der Waals surface area contributed by atoms with Crippen molar-refractivity contribution in [2.75, 3.05) is 19.8 Å². The standard InChI is InChI=1S/C12H19N3O2/c16-7-9-3-4-11-13-14-12(15(11)6-9)10-2-1-5-17-8-10/h9-10,16H,1-8H2. The molecule has 0 spiro atoms. The number of aryl methyl sites for hydroxylation is 1. The molecular formula is C12H19N3O2. The van der Waals surface area contributed by atoms with Crippen molar-refractivity contribution < 1.29 is 9.84 Å². The molecule has 5 nitrogen and oxygen atoms in total. The first-order valence-electron chi connectivity index (χ1n) is 6.49. The lowest BCUT2D eigenvalue weighted by atomic mass is 9.97. The fourth-order valence-corrected chi connectivity index (χ4v) is 2.81. The van der Waals surface area contributed by atoms with Crippen molar-refractivity contribution in [2.24, 2.45) is 5.92 Å². The zero-order valence-electron chi connectivity index (χ0n) is 10.0. The second kappa shape index (κ2) is 4.74. The number of aromatic nitrogens is 3. The molecule has 2 aliphatic rings. The number of nitrogens with zero attached hydrogens (tertiary/aromatic N) is 3. The first-order chi connectivity index (χ1) is 8.38. The van der Waals surface area contributed by atoms with Crippen LogP contribution in [0.3, 0.4) is 0 Å². The summed E-state index contributed by atoms with van der Waals surface area (Å²) in [7, 11) is 0. The zero-order chi connectivity index (χ0) is 11.7. The normalized spacial score (nSPS) is 29.0. The Kier molecular flexibility index (Phi) is 3.11. The second-order valence-corrected chi connectivity index (χ2v) is 5.09. The van der Waals surface area contributed by atoms with Gasteiger partial charge in [0.05, 0.1) is 6.61 Å². The molecule has 1 fully saturated rings. The number of hydrogen-bond acceptors (Lipinski definition) is 4. The largest absolute Gasteiger partial charge is 0.396 e. The summed E-state index contributed by atoms with van der Waals surface area (Å²) in [5, 5.41) is 17.9. The minimum Gasteiger partial charge on any atom is -0.396 e. The highest BCUT2D eigenvalue weighted by molar-refractivity contribution is 5.06. The van der Waals surface area contributed by atoms with E-state index in [4.69, 9.17) is 4.74 Å². The van der Waals surface area contributed by atoms with Gasteiger partial charge in [-0.3, -0.25) is 0 Å². The van der Waals surface area contributed by atoms with Crippen LogP contribution in [0, 0.1) is 5.92 Å². The summed E-state index contributed by atoms with van der Waals surface area (Å²) in [6.45, 7) is 2.77. The van der Waals surface area contributed by atoms with Crippen LogP contribution in [-0.4, -0.2) is 39.7 Å². The minimum absolute atomic E-state index is 0.262. The quantitative estimate of drug-likeness (QED) is 0.823. The van der Waals surface area contributed by atoms with Gasteiger partial charge in [-0.1, -0.05) is 0 Å². The van der Waals surface area contributed by atoms with Crippen molar-refractivity contribution in [3.8, 4) is 0 Å². The van der Waals surface area contributed by atoms with Gasteiger partial charge in [0.2, 0.25) is 0 Å². The van der Waals surface area contributed by atoms with E-state index in [9.17, 15) is 5.11 Å². The Balaban J connectivity index is 1.83. The highest BCUT2D eigenvalue weighted by Gasteiger charge is 2.27. The summed E-state index contributed by atoms with van der Waals surface area (Å²) < 4.78 is 7.73. The maximum absolute atomic E-state index is 9.28. The van der Waals surface area contributed by atoms with Gasteiger partial charge in [0.15, 0.2) is 0 Å². The van der Waals surface area contributed by atoms with Crippen LogP contribution in [0.1, 0.15) is 36.8 Å².